The smallest absolute Gasteiger partial charge is 0.174 e. The molecule has 122 valence electrons. The van der Waals surface area contributed by atoms with Gasteiger partial charge in [0.1, 0.15) is 0 Å². The molecule has 5 aromatic rings. The van der Waals surface area contributed by atoms with E-state index in [1.807, 2.05) is 60.7 Å². The fraction of sp³-hybridized carbons (Fsp3) is 0. The topological polar surface area (TPSA) is 40.5 Å². The van der Waals surface area contributed by atoms with Crippen LogP contribution in [-0.2, 0) is 0 Å². The monoisotopic (exact) mass is 334 g/mol. The minimum absolute atomic E-state index is 0.117. The summed E-state index contributed by atoms with van der Waals surface area (Å²) >= 11 is 0. The number of hydrogen-bond donors (Lipinski definition) is 2. The maximum Gasteiger partial charge on any atom is 0.174 e. The number of phenolic OH excluding ortho intramolecular Hbond substituents is 2. The third-order valence-corrected chi connectivity index (χ3v) is 4.87. The molecule has 0 fully saturated rings. The van der Waals surface area contributed by atoms with Crippen LogP contribution in [0.25, 0.3) is 32.3 Å². The van der Waals surface area contributed by atoms with Gasteiger partial charge in [-0.1, -0.05) is 66.4 Å². The van der Waals surface area contributed by atoms with E-state index >= 15 is 0 Å². The Balaban J connectivity index is 1.92. The van der Waals surface area contributed by atoms with Crippen LogP contribution < -0.4 is 0 Å². The molecule has 0 radical (unpaired) electrons. The fourth-order valence-corrected chi connectivity index (χ4v) is 3.64. The van der Waals surface area contributed by atoms with E-state index in [1.165, 1.54) is 0 Å². The highest BCUT2D eigenvalue weighted by Crippen LogP contribution is 2.45. The lowest BCUT2D eigenvalue weighted by atomic mass is 9.91. The molecule has 0 atom stereocenters. The Labute approximate surface area is 150 Å². The van der Waals surface area contributed by atoms with Crippen LogP contribution in [0.3, 0.4) is 0 Å². The third-order valence-electron chi connectivity index (χ3n) is 4.87. The average Bonchev–Trinajstić information content (AvgIpc) is 2.69. The molecule has 26 heavy (non-hydrogen) atoms. The summed E-state index contributed by atoms with van der Waals surface area (Å²) in [7, 11) is 0. The van der Waals surface area contributed by atoms with Crippen LogP contribution in [0.2, 0.25) is 0 Å². The number of aromatic hydroxyl groups is 2. The van der Waals surface area contributed by atoms with E-state index < -0.39 is 0 Å². The summed E-state index contributed by atoms with van der Waals surface area (Å²) in [6.07, 6.45) is 0. The van der Waals surface area contributed by atoms with E-state index in [9.17, 15) is 10.2 Å². The van der Waals surface area contributed by atoms with Crippen molar-refractivity contribution >= 4 is 32.3 Å². The highest BCUT2D eigenvalue weighted by atomic mass is 16.3. The normalized spacial score (nSPS) is 11.1. The van der Waals surface area contributed by atoms with Gasteiger partial charge in [-0.25, -0.2) is 0 Å². The van der Waals surface area contributed by atoms with Gasteiger partial charge in [-0.2, -0.15) is 0 Å². The predicted molar refractivity (Wildman–Crippen MR) is 106 cm³/mol. The first-order chi connectivity index (χ1) is 12.7. The Morgan fingerprint density at radius 1 is 0.538 bits per heavy atom. The van der Waals surface area contributed by atoms with Crippen molar-refractivity contribution in [2.24, 2.45) is 0 Å². The Morgan fingerprint density at radius 2 is 1.23 bits per heavy atom. The van der Waals surface area contributed by atoms with Crippen LogP contribution >= 0.6 is 0 Å². The van der Waals surface area contributed by atoms with Crippen molar-refractivity contribution in [2.45, 2.75) is 0 Å². The van der Waals surface area contributed by atoms with Gasteiger partial charge in [0.05, 0.1) is 5.56 Å². The summed E-state index contributed by atoms with van der Waals surface area (Å²) in [4.78, 5) is 0. The van der Waals surface area contributed by atoms with E-state index in [-0.39, 0.29) is 11.5 Å². The van der Waals surface area contributed by atoms with Gasteiger partial charge < -0.3 is 10.2 Å². The predicted octanol–water partition coefficient (Wildman–Crippen LogP) is 5.40. The molecule has 2 nitrogen and oxygen atoms in total. The first kappa shape index (κ1) is 14.6. The van der Waals surface area contributed by atoms with Gasteiger partial charge >= 0.3 is 0 Å². The van der Waals surface area contributed by atoms with E-state index in [1.54, 1.807) is 0 Å². The van der Waals surface area contributed by atoms with Gasteiger partial charge in [-0.3, -0.25) is 0 Å². The van der Waals surface area contributed by atoms with E-state index in [4.69, 9.17) is 0 Å². The summed E-state index contributed by atoms with van der Waals surface area (Å²) in [5.74, 6) is 5.86. The van der Waals surface area contributed by atoms with Gasteiger partial charge in [0.2, 0.25) is 0 Å². The van der Waals surface area contributed by atoms with Crippen molar-refractivity contribution in [3.05, 3.63) is 83.9 Å². The molecule has 0 heterocycles. The Kier molecular flexibility index (Phi) is 3.04. The molecule has 5 aromatic carbocycles. The second-order valence-electron chi connectivity index (χ2n) is 6.37. The molecule has 0 aromatic heterocycles. The van der Waals surface area contributed by atoms with Crippen LogP contribution in [0.1, 0.15) is 11.1 Å². The Bertz CT molecular complexity index is 1320. The highest BCUT2D eigenvalue weighted by Gasteiger charge is 2.18. The van der Waals surface area contributed by atoms with Crippen molar-refractivity contribution in [2.75, 3.05) is 0 Å². The molecule has 0 bridgehead atoms. The minimum atomic E-state index is -0.167. The number of benzene rings is 5. The van der Waals surface area contributed by atoms with Crippen molar-refractivity contribution < 1.29 is 10.2 Å². The lowest BCUT2D eigenvalue weighted by molar-refractivity contribution is 0.408. The Morgan fingerprint density at radius 3 is 1.96 bits per heavy atom. The highest BCUT2D eigenvalue weighted by molar-refractivity contribution is 6.25. The lowest BCUT2D eigenvalue weighted by Crippen LogP contribution is -1.89. The van der Waals surface area contributed by atoms with Crippen LogP contribution in [0.4, 0.5) is 0 Å². The zero-order valence-electron chi connectivity index (χ0n) is 13.8. The van der Waals surface area contributed by atoms with Crippen molar-refractivity contribution in [3.8, 4) is 23.3 Å². The molecule has 0 saturated heterocycles. The quantitative estimate of drug-likeness (QED) is 0.226. The summed E-state index contributed by atoms with van der Waals surface area (Å²) in [6, 6.07) is 23.6. The molecule has 0 aliphatic rings. The molecular weight excluding hydrogens is 320 g/mol. The maximum absolute atomic E-state index is 10.6. The van der Waals surface area contributed by atoms with Crippen LogP contribution in [0.5, 0.6) is 11.5 Å². The third kappa shape index (κ3) is 2.01. The molecule has 5 rings (SSSR count). The molecular formula is C24H14O2. The zero-order chi connectivity index (χ0) is 17.7. The van der Waals surface area contributed by atoms with E-state index in [0.29, 0.717) is 10.9 Å². The molecule has 0 unspecified atom stereocenters. The van der Waals surface area contributed by atoms with E-state index in [2.05, 4.69) is 24.0 Å². The van der Waals surface area contributed by atoms with Crippen molar-refractivity contribution in [3.63, 3.8) is 0 Å². The van der Waals surface area contributed by atoms with Crippen LogP contribution in [-0.4, -0.2) is 10.2 Å². The second-order valence-corrected chi connectivity index (χ2v) is 6.37. The molecule has 0 saturated carbocycles. The second kappa shape index (κ2) is 5.40. The van der Waals surface area contributed by atoms with Gasteiger partial charge in [0.15, 0.2) is 11.5 Å². The van der Waals surface area contributed by atoms with Gasteiger partial charge in [-0.05, 0) is 34.4 Å². The fourth-order valence-electron chi connectivity index (χ4n) is 3.64. The van der Waals surface area contributed by atoms with Crippen molar-refractivity contribution in [1.29, 1.82) is 0 Å². The summed E-state index contributed by atoms with van der Waals surface area (Å²) in [6.45, 7) is 0. The van der Waals surface area contributed by atoms with Crippen LogP contribution in [0.15, 0.2) is 72.8 Å². The lowest BCUT2D eigenvalue weighted by Gasteiger charge is -2.14. The molecule has 0 amide bonds. The minimum Gasteiger partial charge on any atom is -0.504 e. The first-order valence-corrected chi connectivity index (χ1v) is 8.42. The summed E-state index contributed by atoms with van der Waals surface area (Å²) in [5, 5.41) is 26.9. The molecule has 0 spiro atoms. The number of phenols is 2. The summed E-state index contributed by atoms with van der Waals surface area (Å²) in [5.41, 5.74) is 1.31. The molecule has 2 N–H and O–H groups in total. The number of hydrogen-bond acceptors (Lipinski definition) is 2. The standard InChI is InChI=1S/C24H14O2/c25-23-19(12-9-15-5-2-1-3-6-15)18-13-10-16-7-4-8-17-11-14-20(24(23)26)22(18)21(16)17/h1-8,10-11,13-14,25-26H. The first-order valence-electron chi connectivity index (χ1n) is 8.42. The molecule has 0 aliphatic carbocycles. The Hall–Kier alpha value is -3.70. The maximum atomic E-state index is 10.6. The van der Waals surface area contributed by atoms with Gasteiger partial charge in [0.25, 0.3) is 0 Å². The van der Waals surface area contributed by atoms with Crippen molar-refractivity contribution in [1.82, 2.24) is 0 Å². The van der Waals surface area contributed by atoms with Gasteiger partial charge in [-0.15, -0.1) is 0 Å². The van der Waals surface area contributed by atoms with Crippen LogP contribution in [0, 0.1) is 11.8 Å². The summed E-state index contributed by atoms with van der Waals surface area (Å²) < 4.78 is 0. The van der Waals surface area contributed by atoms with Gasteiger partial charge in [0, 0.05) is 21.7 Å². The van der Waals surface area contributed by atoms with E-state index in [0.717, 1.165) is 32.5 Å². The zero-order valence-corrected chi connectivity index (χ0v) is 13.8. The number of rotatable bonds is 0. The molecule has 2 heteroatoms. The molecule has 0 aliphatic heterocycles. The largest absolute Gasteiger partial charge is 0.504 e. The SMILES string of the molecule is Oc1c(O)c2ccc3cccc4ccc(c1C#Cc1ccccc1)c2c34. The average molecular weight is 334 g/mol.